The van der Waals surface area contributed by atoms with Crippen LogP contribution in [-0.2, 0) is 0 Å². The van der Waals surface area contributed by atoms with E-state index in [0.717, 1.165) is 31.0 Å². The molecule has 1 atom stereocenters. The Kier molecular flexibility index (Phi) is 3.59. The number of hydrogen-bond donors (Lipinski definition) is 1. The monoisotopic (exact) mass is 248 g/mol. The van der Waals surface area contributed by atoms with Gasteiger partial charge in [0.1, 0.15) is 5.82 Å². The van der Waals surface area contributed by atoms with Crippen LogP contribution in [0.3, 0.4) is 0 Å². The topological polar surface area (TPSA) is 45.4 Å². The van der Waals surface area contributed by atoms with Crippen molar-refractivity contribution in [3.8, 4) is 0 Å². The lowest BCUT2D eigenvalue weighted by molar-refractivity contribution is 0.138. The van der Waals surface area contributed by atoms with Crippen molar-refractivity contribution < 1.29 is 0 Å². The van der Waals surface area contributed by atoms with Gasteiger partial charge in [-0.15, -0.1) is 0 Å². The molecule has 1 saturated heterocycles. The SMILES string of the molecule is C[C@H](N)c1cccnc1N1CCN(C)C(C)(C)C1. The molecular formula is C14H24N4. The third-order valence-electron chi connectivity index (χ3n) is 3.92. The molecule has 4 heteroatoms. The number of likely N-dealkylation sites (N-methyl/N-ethyl adjacent to an activating group) is 1. The highest BCUT2D eigenvalue weighted by atomic mass is 15.3. The van der Waals surface area contributed by atoms with E-state index >= 15 is 0 Å². The van der Waals surface area contributed by atoms with E-state index in [-0.39, 0.29) is 11.6 Å². The molecule has 1 aromatic heterocycles. The van der Waals surface area contributed by atoms with Crippen molar-refractivity contribution in [1.29, 1.82) is 0 Å². The molecule has 1 fully saturated rings. The van der Waals surface area contributed by atoms with Crippen LogP contribution in [0, 0.1) is 0 Å². The van der Waals surface area contributed by atoms with E-state index in [1.807, 2.05) is 19.2 Å². The van der Waals surface area contributed by atoms with Gasteiger partial charge in [0.05, 0.1) is 0 Å². The summed E-state index contributed by atoms with van der Waals surface area (Å²) < 4.78 is 0. The van der Waals surface area contributed by atoms with Gasteiger partial charge in [0.2, 0.25) is 0 Å². The van der Waals surface area contributed by atoms with Gasteiger partial charge in [-0.3, -0.25) is 4.90 Å². The molecule has 0 aliphatic carbocycles. The summed E-state index contributed by atoms with van der Waals surface area (Å²) in [7, 11) is 2.18. The summed E-state index contributed by atoms with van der Waals surface area (Å²) in [6, 6.07) is 4.07. The maximum Gasteiger partial charge on any atom is 0.133 e. The predicted molar refractivity (Wildman–Crippen MR) is 75.8 cm³/mol. The molecule has 18 heavy (non-hydrogen) atoms. The maximum absolute atomic E-state index is 6.04. The van der Waals surface area contributed by atoms with E-state index in [1.54, 1.807) is 0 Å². The first-order chi connectivity index (χ1) is 8.42. The number of pyridine rings is 1. The van der Waals surface area contributed by atoms with Crippen molar-refractivity contribution in [3.63, 3.8) is 0 Å². The van der Waals surface area contributed by atoms with Crippen LogP contribution in [0.4, 0.5) is 5.82 Å². The Morgan fingerprint density at radius 1 is 1.39 bits per heavy atom. The van der Waals surface area contributed by atoms with Crippen LogP contribution in [0.15, 0.2) is 18.3 Å². The predicted octanol–water partition coefficient (Wildman–Crippen LogP) is 1.63. The molecule has 0 unspecified atom stereocenters. The molecule has 2 rings (SSSR count). The number of hydrogen-bond acceptors (Lipinski definition) is 4. The summed E-state index contributed by atoms with van der Waals surface area (Å²) >= 11 is 0. The number of piperazine rings is 1. The van der Waals surface area contributed by atoms with Crippen molar-refractivity contribution in [1.82, 2.24) is 9.88 Å². The lowest BCUT2D eigenvalue weighted by Gasteiger charge is -2.46. The Bertz CT molecular complexity index is 414. The molecule has 2 heterocycles. The number of anilines is 1. The molecule has 0 saturated carbocycles. The van der Waals surface area contributed by atoms with Crippen LogP contribution in [0.5, 0.6) is 0 Å². The fraction of sp³-hybridized carbons (Fsp3) is 0.643. The van der Waals surface area contributed by atoms with Gasteiger partial charge in [-0.25, -0.2) is 4.98 Å². The van der Waals surface area contributed by atoms with E-state index in [0.29, 0.717) is 0 Å². The van der Waals surface area contributed by atoms with Gasteiger partial charge in [0, 0.05) is 43.0 Å². The standard InChI is InChI=1S/C14H24N4/c1-11(15)12-6-5-7-16-13(12)18-9-8-17(4)14(2,3)10-18/h5-7,11H,8-10,15H2,1-4H3/t11-/m0/s1. The molecule has 0 spiro atoms. The number of aromatic nitrogens is 1. The minimum atomic E-state index is 0.0245. The fourth-order valence-electron chi connectivity index (χ4n) is 2.45. The summed E-state index contributed by atoms with van der Waals surface area (Å²) in [6.07, 6.45) is 1.85. The molecule has 1 aliphatic rings. The average Bonchev–Trinajstić information content (AvgIpc) is 2.32. The maximum atomic E-state index is 6.04. The quantitative estimate of drug-likeness (QED) is 0.864. The van der Waals surface area contributed by atoms with Crippen LogP contribution in [0.1, 0.15) is 32.4 Å². The minimum Gasteiger partial charge on any atom is -0.353 e. The van der Waals surface area contributed by atoms with Crippen LogP contribution < -0.4 is 10.6 Å². The summed E-state index contributed by atoms with van der Waals surface area (Å²) in [5.41, 5.74) is 7.35. The highest BCUT2D eigenvalue weighted by Crippen LogP contribution is 2.27. The molecule has 100 valence electrons. The summed E-state index contributed by atoms with van der Waals surface area (Å²) in [4.78, 5) is 9.30. The largest absolute Gasteiger partial charge is 0.353 e. The molecule has 0 bridgehead atoms. The first kappa shape index (κ1) is 13.3. The van der Waals surface area contributed by atoms with Crippen molar-refractivity contribution in [2.75, 3.05) is 31.6 Å². The van der Waals surface area contributed by atoms with E-state index in [2.05, 4.69) is 41.7 Å². The second-order valence-electron chi connectivity index (χ2n) is 5.86. The smallest absolute Gasteiger partial charge is 0.133 e. The zero-order valence-electron chi connectivity index (χ0n) is 11.8. The Labute approximate surface area is 110 Å². The second kappa shape index (κ2) is 4.86. The van der Waals surface area contributed by atoms with Crippen LogP contribution in [0.25, 0.3) is 0 Å². The molecular weight excluding hydrogens is 224 g/mol. The van der Waals surface area contributed by atoms with Crippen molar-refractivity contribution in [2.24, 2.45) is 5.73 Å². The van der Waals surface area contributed by atoms with Gasteiger partial charge in [0.25, 0.3) is 0 Å². The van der Waals surface area contributed by atoms with E-state index in [9.17, 15) is 0 Å². The Morgan fingerprint density at radius 2 is 2.11 bits per heavy atom. The lowest BCUT2D eigenvalue weighted by Crippen LogP contribution is -2.58. The molecule has 4 nitrogen and oxygen atoms in total. The molecule has 0 radical (unpaired) electrons. The van der Waals surface area contributed by atoms with Crippen molar-refractivity contribution >= 4 is 5.82 Å². The van der Waals surface area contributed by atoms with Crippen LogP contribution in [0.2, 0.25) is 0 Å². The first-order valence-electron chi connectivity index (χ1n) is 6.58. The molecule has 1 aromatic rings. The van der Waals surface area contributed by atoms with E-state index in [4.69, 9.17) is 5.73 Å². The number of nitrogens with zero attached hydrogens (tertiary/aromatic N) is 3. The van der Waals surface area contributed by atoms with Crippen LogP contribution in [-0.4, -0.2) is 42.1 Å². The number of nitrogens with two attached hydrogens (primary N) is 1. The van der Waals surface area contributed by atoms with Crippen molar-refractivity contribution in [3.05, 3.63) is 23.9 Å². The normalized spacial score (nSPS) is 21.9. The zero-order valence-corrected chi connectivity index (χ0v) is 11.8. The van der Waals surface area contributed by atoms with Gasteiger partial charge in [0.15, 0.2) is 0 Å². The summed E-state index contributed by atoms with van der Waals surface area (Å²) in [6.45, 7) is 9.61. The van der Waals surface area contributed by atoms with Gasteiger partial charge in [-0.05, 0) is 33.9 Å². The van der Waals surface area contributed by atoms with Gasteiger partial charge in [-0.2, -0.15) is 0 Å². The second-order valence-corrected chi connectivity index (χ2v) is 5.86. The molecule has 2 N–H and O–H groups in total. The van der Waals surface area contributed by atoms with Crippen molar-refractivity contribution in [2.45, 2.75) is 32.4 Å². The highest BCUT2D eigenvalue weighted by molar-refractivity contribution is 5.49. The third kappa shape index (κ3) is 2.49. The minimum absolute atomic E-state index is 0.0245. The zero-order chi connectivity index (χ0) is 13.3. The molecule has 1 aliphatic heterocycles. The average molecular weight is 248 g/mol. The number of rotatable bonds is 2. The van der Waals surface area contributed by atoms with Gasteiger partial charge in [-0.1, -0.05) is 6.07 Å². The Balaban J connectivity index is 2.27. The molecule has 0 amide bonds. The fourth-order valence-corrected chi connectivity index (χ4v) is 2.45. The van der Waals surface area contributed by atoms with Gasteiger partial charge >= 0.3 is 0 Å². The van der Waals surface area contributed by atoms with E-state index in [1.165, 1.54) is 0 Å². The molecule has 0 aromatic carbocycles. The van der Waals surface area contributed by atoms with E-state index < -0.39 is 0 Å². The highest BCUT2D eigenvalue weighted by Gasteiger charge is 2.32. The van der Waals surface area contributed by atoms with Gasteiger partial charge < -0.3 is 10.6 Å². The first-order valence-corrected chi connectivity index (χ1v) is 6.58. The van der Waals surface area contributed by atoms with Crippen LogP contribution >= 0.6 is 0 Å². The lowest BCUT2D eigenvalue weighted by atomic mass is 9.99. The Hall–Kier alpha value is -1.13. The Morgan fingerprint density at radius 3 is 2.72 bits per heavy atom. The summed E-state index contributed by atoms with van der Waals surface area (Å²) in [5.74, 6) is 1.05. The third-order valence-corrected chi connectivity index (χ3v) is 3.92. The summed E-state index contributed by atoms with van der Waals surface area (Å²) in [5, 5.41) is 0.